The van der Waals surface area contributed by atoms with Gasteiger partial charge in [0, 0.05) is 12.5 Å². The fourth-order valence-corrected chi connectivity index (χ4v) is 1.80. The maximum absolute atomic E-state index is 12.2. The van der Waals surface area contributed by atoms with Crippen molar-refractivity contribution in [1.29, 1.82) is 0 Å². The van der Waals surface area contributed by atoms with Gasteiger partial charge in [0.15, 0.2) is 5.78 Å². The first kappa shape index (κ1) is 15.4. The predicted molar refractivity (Wildman–Crippen MR) is 79.2 cm³/mol. The first-order chi connectivity index (χ1) is 10.5. The van der Waals surface area contributed by atoms with E-state index in [1.807, 2.05) is 0 Å². The summed E-state index contributed by atoms with van der Waals surface area (Å²) in [6.07, 6.45) is 0. The van der Waals surface area contributed by atoms with E-state index in [2.05, 4.69) is 0 Å². The minimum Gasteiger partial charge on any atom is -0.426 e. The Kier molecular flexibility index (Phi) is 4.68. The highest BCUT2D eigenvalue weighted by atomic mass is 16.5. The highest BCUT2D eigenvalue weighted by Gasteiger charge is 2.15. The number of hydrogen-bond acceptors (Lipinski definition) is 5. The molecule has 0 heterocycles. The van der Waals surface area contributed by atoms with Crippen LogP contribution >= 0.6 is 0 Å². The zero-order chi connectivity index (χ0) is 16.1. The molecular formula is C17H14O5. The number of ether oxygens (including phenoxy) is 2. The molecule has 5 nitrogen and oxygen atoms in total. The van der Waals surface area contributed by atoms with Gasteiger partial charge in [-0.05, 0) is 43.3 Å². The predicted octanol–water partition coefficient (Wildman–Crippen LogP) is 3.03. The number of ketones is 1. The van der Waals surface area contributed by atoms with E-state index in [-0.39, 0.29) is 17.1 Å². The number of carbonyl (C=O) groups is 3. The van der Waals surface area contributed by atoms with Crippen LogP contribution in [0.1, 0.15) is 34.6 Å². The number of carbonyl (C=O) groups excluding carboxylic acids is 3. The number of Topliss-reactive ketones (excluding diaryl/α,β-unsaturated/α-hetero) is 1. The van der Waals surface area contributed by atoms with Crippen LogP contribution < -0.4 is 9.47 Å². The summed E-state index contributed by atoms with van der Waals surface area (Å²) in [5.74, 6) is -0.801. The van der Waals surface area contributed by atoms with Crippen molar-refractivity contribution in [3.05, 3.63) is 59.7 Å². The molecule has 0 N–H and O–H groups in total. The Bertz CT molecular complexity index is 716. The lowest BCUT2D eigenvalue weighted by molar-refractivity contribution is -0.131. The molecule has 5 heteroatoms. The van der Waals surface area contributed by atoms with Gasteiger partial charge in [0.05, 0.1) is 0 Å². The molecule has 0 saturated carbocycles. The van der Waals surface area contributed by atoms with Crippen molar-refractivity contribution in [2.75, 3.05) is 0 Å². The van der Waals surface area contributed by atoms with Crippen LogP contribution in [0.25, 0.3) is 0 Å². The maximum Gasteiger partial charge on any atom is 0.347 e. The van der Waals surface area contributed by atoms with Crippen molar-refractivity contribution in [1.82, 2.24) is 0 Å². The third-order valence-electron chi connectivity index (χ3n) is 2.83. The number of esters is 2. The van der Waals surface area contributed by atoms with Crippen LogP contribution in [0.2, 0.25) is 0 Å². The smallest absolute Gasteiger partial charge is 0.347 e. The third kappa shape index (κ3) is 3.79. The molecule has 0 bridgehead atoms. The molecular weight excluding hydrogens is 284 g/mol. The summed E-state index contributed by atoms with van der Waals surface area (Å²) >= 11 is 0. The molecule has 22 heavy (non-hydrogen) atoms. The Morgan fingerprint density at radius 2 is 1.45 bits per heavy atom. The van der Waals surface area contributed by atoms with E-state index in [1.165, 1.54) is 38.1 Å². The number of rotatable bonds is 4. The molecule has 0 saturated heterocycles. The van der Waals surface area contributed by atoms with E-state index >= 15 is 0 Å². The Balaban J connectivity index is 2.18. The van der Waals surface area contributed by atoms with Crippen molar-refractivity contribution >= 4 is 17.7 Å². The molecule has 0 fully saturated rings. The highest BCUT2D eigenvalue weighted by Crippen LogP contribution is 2.21. The molecule has 0 spiro atoms. The molecule has 2 rings (SSSR count). The second kappa shape index (κ2) is 6.67. The Morgan fingerprint density at radius 1 is 0.818 bits per heavy atom. The minimum atomic E-state index is -0.646. The number of hydrogen-bond donors (Lipinski definition) is 0. The molecule has 112 valence electrons. The topological polar surface area (TPSA) is 69.7 Å². The summed E-state index contributed by atoms with van der Waals surface area (Å²) in [6.45, 7) is 2.71. The Hall–Kier alpha value is -2.95. The van der Waals surface area contributed by atoms with Gasteiger partial charge in [-0.25, -0.2) is 4.79 Å². The van der Waals surface area contributed by atoms with Gasteiger partial charge in [-0.1, -0.05) is 12.1 Å². The molecule has 0 aliphatic heterocycles. The second-order valence-electron chi connectivity index (χ2n) is 4.56. The van der Waals surface area contributed by atoms with E-state index in [9.17, 15) is 14.4 Å². The van der Waals surface area contributed by atoms with Gasteiger partial charge < -0.3 is 9.47 Å². The largest absolute Gasteiger partial charge is 0.426 e. The van der Waals surface area contributed by atoms with Crippen molar-refractivity contribution < 1.29 is 23.9 Å². The summed E-state index contributed by atoms with van der Waals surface area (Å²) in [5, 5.41) is 0. The normalized spacial score (nSPS) is 9.91. The van der Waals surface area contributed by atoms with Gasteiger partial charge in [0.2, 0.25) is 0 Å². The van der Waals surface area contributed by atoms with Gasteiger partial charge in [-0.15, -0.1) is 0 Å². The first-order valence-corrected chi connectivity index (χ1v) is 6.58. The average molecular weight is 298 g/mol. The zero-order valence-electron chi connectivity index (χ0n) is 12.2. The fourth-order valence-electron chi connectivity index (χ4n) is 1.80. The van der Waals surface area contributed by atoms with E-state index in [0.717, 1.165) is 0 Å². The van der Waals surface area contributed by atoms with Crippen molar-refractivity contribution in [3.63, 3.8) is 0 Å². The minimum absolute atomic E-state index is 0.0712. The molecule has 0 radical (unpaired) electrons. The average Bonchev–Trinajstić information content (AvgIpc) is 2.47. The monoisotopic (exact) mass is 298 g/mol. The van der Waals surface area contributed by atoms with Crippen LogP contribution in [0.15, 0.2) is 48.5 Å². The fraction of sp³-hybridized carbons (Fsp3) is 0.118. The molecule has 2 aromatic rings. The van der Waals surface area contributed by atoms with Crippen LogP contribution in [0.5, 0.6) is 11.5 Å². The van der Waals surface area contributed by atoms with E-state index < -0.39 is 11.9 Å². The van der Waals surface area contributed by atoms with Gasteiger partial charge in [0.25, 0.3) is 0 Å². The third-order valence-corrected chi connectivity index (χ3v) is 2.83. The van der Waals surface area contributed by atoms with Gasteiger partial charge in [0.1, 0.15) is 17.1 Å². The lowest BCUT2D eigenvalue weighted by Gasteiger charge is -2.09. The number of benzene rings is 2. The SMILES string of the molecule is CC(=O)Oc1ccccc1C(=O)Oc1ccc(C(C)=O)cc1. The second-order valence-corrected chi connectivity index (χ2v) is 4.56. The maximum atomic E-state index is 12.2. The lowest BCUT2D eigenvalue weighted by Crippen LogP contribution is -2.12. The summed E-state index contributed by atoms with van der Waals surface area (Å²) < 4.78 is 10.2. The molecule has 0 atom stereocenters. The van der Waals surface area contributed by atoms with Crippen molar-refractivity contribution in [2.45, 2.75) is 13.8 Å². The van der Waals surface area contributed by atoms with Gasteiger partial charge in [-0.2, -0.15) is 0 Å². The molecule has 0 unspecified atom stereocenters. The van der Waals surface area contributed by atoms with Crippen LogP contribution in [0, 0.1) is 0 Å². The molecule has 0 aliphatic rings. The van der Waals surface area contributed by atoms with Crippen molar-refractivity contribution in [2.24, 2.45) is 0 Å². The van der Waals surface area contributed by atoms with E-state index in [0.29, 0.717) is 11.3 Å². The quantitative estimate of drug-likeness (QED) is 0.493. The van der Waals surface area contributed by atoms with Crippen LogP contribution in [0.4, 0.5) is 0 Å². The summed E-state index contributed by atoms with van der Waals surface area (Å²) in [7, 11) is 0. The van der Waals surface area contributed by atoms with E-state index in [4.69, 9.17) is 9.47 Å². The Labute approximate surface area is 127 Å². The standard InChI is InChI=1S/C17H14O5/c1-11(18)13-7-9-14(10-8-13)22-17(20)15-5-3-4-6-16(15)21-12(2)19/h3-10H,1-2H3. The summed E-state index contributed by atoms with van der Waals surface area (Å²) in [4.78, 5) is 34.4. The molecule has 0 aromatic heterocycles. The summed E-state index contributed by atoms with van der Waals surface area (Å²) in [5.41, 5.74) is 0.674. The van der Waals surface area contributed by atoms with E-state index in [1.54, 1.807) is 24.3 Å². The summed E-state index contributed by atoms with van der Waals surface area (Å²) in [6, 6.07) is 12.5. The van der Waals surface area contributed by atoms with Gasteiger partial charge >= 0.3 is 11.9 Å². The molecule has 2 aromatic carbocycles. The Morgan fingerprint density at radius 3 is 2.05 bits per heavy atom. The van der Waals surface area contributed by atoms with Crippen LogP contribution in [-0.4, -0.2) is 17.7 Å². The molecule has 0 aliphatic carbocycles. The van der Waals surface area contributed by atoms with Gasteiger partial charge in [-0.3, -0.25) is 9.59 Å². The molecule has 0 amide bonds. The number of para-hydroxylation sites is 1. The lowest BCUT2D eigenvalue weighted by atomic mass is 10.1. The highest BCUT2D eigenvalue weighted by molar-refractivity contribution is 5.95. The van der Waals surface area contributed by atoms with Crippen LogP contribution in [-0.2, 0) is 4.79 Å². The first-order valence-electron chi connectivity index (χ1n) is 6.58. The van der Waals surface area contributed by atoms with Crippen LogP contribution in [0.3, 0.4) is 0 Å². The zero-order valence-corrected chi connectivity index (χ0v) is 12.2. The van der Waals surface area contributed by atoms with Crippen molar-refractivity contribution in [3.8, 4) is 11.5 Å².